The van der Waals surface area contributed by atoms with Gasteiger partial charge in [-0.1, -0.05) is 24.3 Å². The second-order valence-corrected chi connectivity index (χ2v) is 9.62. The number of carbonyl (C=O) groups is 3. The van der Waals surface area contributed by atoms with Crippen LogP contribution in [0.25, 0.3) is 0 Å². The number of ketones is 1. The SMILES string of the molecule is COC(=O)c1ccc(OC(F)(C(=O)Cc2ccc(N(C(N)=O)c3ccccc3Br)cc2)N2CCCC2)cc1. The molecule has 0 bridgehead atoms. The standard InChI is InChI=1S/C28H27BrFN3O5/c1-37-26(35)20-10-14-22(15-11-20)38-28(30,32-16-4-5-17-32)25(34)18-19-8-12-21(13-9-19)33(27(31)36)24-7-3-2-6-23(24)29/h2-3,6-15H,4-5,16-18H2,1H3,(H2,31,36). The van der Waals surface area contributed by atoms with Crippen LogP contribution < -0.4 is 15.4 Å². The van der Waals surface area contributed by atoms with Crippen molar-refractivity contribution in [1.82, 2.24) is 4.90 Å². The Morgan fingerprint density at radius 1 is 1.00 bits per heavy atom. The molecule has 2 amide bonds. The average molecular weight is 584 g/mol. The molecule has 8 nitrogen and oxygen atoms in total. The number of primary amides is 1. The summed E-state index contributed by atoms with van der Waals surface area (Å²) in [5.74, 6) is -3.87. The van der Waals surface area contributed by atoms with Gasteiger partial charge in [0, 0.05) is 24.0 Å². The van der Waals surface area contributed by atoms with E-state index in [1.807, 2.05) is 6.07 Å². The minimum Gasteiger partial charge on any atom is -0.465 e. The molecule has 198 valence electrons. The third kappa shape index (κ3) is 5.87. The number of hydrogen-bond acceptors (Lipinski definition) is 6. The Labute approximate surface area is 228 Å². The average Bonchev–Trinajstić information content (AvgIpc) is 3.46. The van der Waals surface area contributed by atoms with Crippen LogP contribution in [0.1, 0.15) is 28.8 Å². The van der Waals surface area contributed by atoms with Crippen LogP contribution >= 0.6 is 15.9 Å². The van der Waals surface area contributed by atoms with Crippen LogP contribution in [0.2, 0.25) is 0 Å². The molecule has 10 heteroatoms. The van der Waals surface area contributed by atoms with Crippen LogP contribution in [0, 0.1) is 0 Å². The quantitative estimate of drug-likeness (QED) is 0.268. The van der Waals surface area contributed by atoms with Crippen molar-refractivity contribution < 1.29 is 28.2 Å². The lowest BCUT2D eigenvalue weighted by molar-refractivity contribution is -0.191. The van der Waals surface area contributed by atoms with Gasteiger partial charge in [0.15, 0.2) is 0 Å². The number of nitrogens with two attached hydrogens (primary N) is 1. The monoisotopic (exact) mass is 583 g/mol. The van der Waals surface area contributed by atoms with Gasteiger partial charge in [0.2, 0.25) is 5.78 Å². The number of carbonyl (C=O) groups excluding carboxylic acids is 3. The number of hydrogen-bond donors (Lipinski definition) is 1. The number of esters is 1. The fraction of sp³-hybridized carbons (Fsp3) is 0.250. The van der Waals surface area contributed by atoms with Crippen LogP contribution in [0.15, 0.2) is 77.3 Å². The molecule has 4 rings (SSSR count). The van der Waals surface area contributed by atoms with Gasteiger partial charge in [-0.2, -0.15) is 4.39 Å². The summed E-state index contributed by atoms with van der Waals surface area (Å²) in [6, 6.07) is 18.8. The maximum absolute atomic E-state index is 16.4. The van der Waals surface area contributed by atoms with Crippen LogP contribution in [0.3, 0.4) is 0 Å². The van der Waals surface area contributed by atoms with E-state index in [1.165, 1.54) is 41.2 Å². The number of anilines is 2. The molecule has 38 heavy (non-hydrogen) atoms. The highest BCUT2D eigenvalue weighted by molar-refractivity contribution is 9.10. The Morgan fingerprint density at radius 3 is 2.21 bits per heavy atom. The normalized spacial score (nSPS) is 14.9. The Morgan fingerprint density at radius 2 is 1.63 bits per heavy atom. The first-order valence-corrected chi connectivity index (χ1v) is 12.8. The van der Waals surface area contributed by atoms with Crippen LogP contribution in [0.5, 0.6) is 5.75 Å². The van der Waals surface area contributed by atoms with Crippen LogP contribution in [-0.4, -0.2) is 48.9 Å². The predicted octanol–water partition coefficient (Wildman–Crippen LogP) is 5.36. The van der Waals surface area contributed by atoms with E-state index in [1.54, 1.807) is 42.5 Å². The highest BCUT2D eigenvalue weighted by Crippen LogP contribution is 2.33. The number of likely N-dealkylation sites (tertiary alicyclic amines) is 1. The lowest BCUT2D eigenvalue weighted by Crippen LogP contribution is -2.55. The van der Waals surface area contributed by atoms with Crippen molar-refractivity contribution in [1.29, 1.82) is 0 Å². The van der Waals surface area contributed by atoms with Crippen molar-refractivity contribution in [3.63, 3.8) is 0 Å². The van der Waals surface area contributed by atoms with Gasteiger partial charge in [0.25, 0.3) is 0 Å². The van der Waals surface area contributed by atoms with Gasteiger partial charge in [-0.25, -0.2) is 14.5 Å². The number of para-hydroxylation sites is 1. The molecule has 0 aromatic heterocycles. The first-order valence-electron chi connectivity index (χ1n) is 12.0. The van der Waals surface area contributed by atoms with Crippen LogP contribution in [0.4, 0.5) is 20.6 Å². The van der Waals surface area contributed by atoms with E-state index < -0.39 is 23.8 Å². The lowest BCUT2D eigenvalue weighted by atomic mass is 10.1. The van der Waals surface area contributed by atoms with E-state index in [2.05, 4.69) is 20.7 Å². The molecular formula is C28H27BrFN3O5. The van der Waals surface area contributed by atoms with Crippen molar-refractivity contribution in [3.8, 4) is 5.75 Å². The molecule has 1 unspecified atom stereocenters. The van der Waals surface area contributed by atoms with Crippen molar-refractivity contribution in [3.05, 3.63) is 88.4 Å². The highest BCUT2D eigenvalue weighted by Gasteiger charge is 2.48. The Hall–Kier alpha value is -3.76. The zero-order valence-corrected chi connectivity index (χ0v) is 22.3. The van der Waals surface area contributed by atoms with Crippen LogP contribution in [-0.2, 0) is 16.0 Å². The second-order valence-electron chi connectivity index (χ2n) is 8.76. The molecule has 0 aliphatic carbocycles. The summed E-state index contributed by atoms with van der Waals surface area (Å²) >= 11 is 3.43. The van der Waals surface area contributed by atoms with Crippen molar-refractivity contribution in [2.24, 2.45) is 5.73 Å². The van der Waals surface area contributed by atoms with Gasteiger partial charge >= 0.3 is 18.0 Å². The number of ether oxygens (including phenoxy) is 2. The summed E-state index contributed by atoms with van der Waals surface area (Å²) in [7, 11) is 1.27. The first kappa shape index (κ1) is 27.3. The summed E-state index contributed by atoms with van der Waals surface area (Å²) in [6.45, 7) is 0.752. The van der Waals surface area contributed by atoms with Gasteiger partial charge in [-0.15, -0.1) is 0 Å². The first-order chi connectivity index (χ1) is 18.2. The van der Waals surface area contributed by atoms with Gasteiger partial charge in [-0.05, 0) is 82.9 Å². The van der Waals surface area contributed by atoms with Gasteiger partial charge in [-0.3, -0.25) is 9.69 Å². The molecule has 0 radical (unpaired) electrons. The molecule has 3 aromatic carbocycles. The molecule has 1 fully saturated rings. The summed E-state index contributed by atoms with van der Waals surface area (Å²) in [6.07, 6.45) is 1.26. The van der Waals surface area contributed by atoms with Gasteiger partial charge < -0.3 is 15.2 Å². The fourth-order valence-electron chi connectivity index (χ4n) is 4.31. The zero-order chi connectivity index (χ0) is 27.3. The minimum atomic E-state index is -2.68. The van der Waals surface area contributed by atoms with E-state index in [0.717, 1.165) is 12.8 Å². The predicted molar refractivity (Wildman–Crippen MR) is 144 cm³/mol. The highest BCUT2D eigenvalue weighted by atomic mass is 79.9. The number of amides is 2. The maximum Gasteiger partial charge on any atom is 0.371 e. The second kappa shape index (κ2) is 11.7. The number of halogens is 2. The number of alkyl halides is 1. The third-order valence-electron chi connectivity index (χ3n) is 6.26. The topological polar surface area (TPSA) is 102 Å². The number of urea groups is 1. The van der Waals surface area contributed by atoms with E-state index in [4.69, 9.17) is 10.5 Å². The molecule has 2 N–H and O–H groups in total. The van der Waals surface area contributed by atoms with E-state index >= 15 is 4.39 Å². The Kier molecular flexibility index (Phi) is 8.43. The molecule has 1 saturated heterocycles. The maximum atomic E-state index is 16.4. The number of methoxy groups -OCH3 is 1. The van der Waals surface area contributed by atoms with Gasteiger partial charge in [0.05, 0.1) is 24.0 Å². The summed E-state index contributed by atoms with van der Waals surface area (Å²) in [5.41, 5.74) is 7.52. The van der Waals surface area contributed by atoms with E-state index in [0.29, 0.717) is 34.5 Å². The molecule has 1 heterocycles. The van der Waals surface area contributed by atoms with Crippen molar-refractivity contribution >= 4 is 45.1 Å². The molecule has 1 atom stereocenters. The van der Waals surface area contributed by atoms with E-state index in [9.17, 15) is 14.4 Å². The summed E-state index contributed by atoms with van der Waals surface area (Å²) < 4.78 is 27.4. The molecule has 3 aromatic rings. The molecule has 0 spiro atoms. The summed E-state index contributed by atoms with van der Waals surface area (Å²) in [5, 5.41) is 0. The van der Waals surface area contributed by atoms with Crippen molar-refractivity contribution in [2.45, 2.75) is 25.2 Å². The smallest absolute Gasteiger partial charge is 0.371 e. The molecule has 1 aliphatic rings. The number of rotatable bonds is 9. The van der Waals surface area contributed by atoms with Gasteiger partial charge in [0.1, 0.15) is 5.75 Å². The number of Topliss-reactive ketones (excluding diaryl/α,β-unsaturated/α-hetero) is 1. The molecular weight excluding hydrogens is 557 g/mol. The summed E-state index contributed by atoms with van der Waals surface area (Å²) in [4.78, 5) is 40.0. The molecule has 0 saturated carbocycles. The Bertz CT molecular complexity index is 1310. The number of nitrogens with zero attached hydrogens (tertiary/aromatic N) is 2. The Balaban J connectivity index is 1.55. The zero-order valence-electron chi connectivity index (χ0n) is 20.7. The lowest BCUT2D eigenvalue weighted by Gasteiger charge is -2.33. The third-order valence-corrected chi connectivity index (χ3v) is 6.93. The minimum absolute atomic E-state index is 0.112. The molecule has 1 aliphatic heterocycles. The number of benzene rings is 3. The van der Waals surface area contributed by atoms with E-state index in [-0.39, 0.29) is 17.7 Å². The van der Waals surface area contributed by atoms with Crippen molar-refractivity contribution in [2.75, 3.05) is 25.1 Å². The fourth-order valence-corrected chi connectivity index (χ4v) is 4.77. The largest absolute Gasteiger partial charge is 0.465 e.